The second-order valence-corrected chi connectivity index (χ2v) is 6.49. The van der Waals surface area contributed by atoms with Gasteiger partial charge in [0.15, 0.2) is 0 Å². The van der Waals surface area contributed by atoms with E-state index in [4.69, 9.17) is 27.9 Å². The maximum atomic E-state index is 12.2. The zero-order valence-corrected chi connectivity index (χ0v) is 16.1. The summed E-state index contributed by atoms with van der Waals surface area (Å²) in [7, 11) is 1.61. The maximum absolute atomic E-state index is 12.2. The van der Waals surface area contributed by atoms with Crippen LogP contribution in [-0.2, 0) is 16.0 Å². The predicted molar refractivity (Wildman–Crippen MR) is 104 cm³/mol. The van der Waals surface area contributed by atoms with Crippen LogP contribution in [0.3, 0.4) is 0 Å². The minimum absolute atomic E-state index is 0.112. The molecule has 2 rings (SSSR count). The molecular weight excluding hydrogens is 375 g/mol. The lowest BCUT2D eigenvalue weighted by molar-refractivity contribution is -0.123. The van der Waals surface area contributed by atoms with E-state index in [9.17, 15) is 9.59 Å². The number of ether oxygens (including phenoxy) is 1. The number of benzene rings is 2. The average Bonchev–Trinajstić information content (AvgIpc) is 2.60. The van der Waals surface area contributed by atoms with E-state index in [1.54, 1.807) is 19.2 Å². The molecule has 2 aromatic rings. The molecule has 0 aliphatic heterocycles. The molecule has 0 aliphatic rings. The first-order chi connectivity index (χ1) is 12.4. The second kappa shape index (κ2) is 9.46. The van der Waals surface area contributed by atoms with Gasteiger partial charge in [0.1, 0.15) is 12.3 Å². The van der Waals surface area contributed by atoms with Crippen molar-refractivity contribution in [3.05, 3.63) is 58.1 Å². The molecule has 0 aliphatic carbocycles. The van der Waals surface area contributed by atoms with Crippen LogP contribution in [0.2, 0.25) is 10.0 Å². The highest BCUT2D eigenvalue weighted by Crippen LogP contribution is 2.28. The SMILES string of the molecule is COc1ccc(CCNC(=O)CN(C(C)=O)c2ccc(Cl)cc2Cl)cc1. The Morgan fingerprint density at radius 1 is 1.12 bits per heavy atom. The highest BCUT2D eigenvalue weighted by molar-refractivity contribution is 6.36. The topological polar surface area (TPSA) is 58.6 Å². The molecule has 26 heavy (non-hydrogen) atoms. The molecule has 0 saturated carbocycles. The van der Waals surface area contributed by atoms with E-state index >= 15 is 0 Å². The Morgan fingerprint density at radius 3 is 2.38 bits per heavy atom. The minimum Gasteiger partial charge on any atom is -0.497 e. The molecule has 0 aromatic heterocycles. The van der Waals surface area contributed by atoms with Crippen molar-refractivity contribution >= 4 is 40.7 Å². The van der Waals surface area contributed by atoms with Crippen molar-refractivity contribution in [3.63, 3.8) is 0 Å². The van der Waals surface area contributed by atoms with Gasteiger partial charge in [-0.25, -0.2) is 0 Å². The molecule has 138 valence electrons. The van der Waals surface area contributed by atoms with E-state index in [1.807, 2.05) is 24.3 Å². The zero-order valence-electron chi connectivity index (χ0n) is 14.6. The van der Waals surface area contributed by atoms with Gasteiger partial charge in [-0.1, -0.05) is 35.3 Å². The molecule has 0 spiro atoms. The van der Waals surface area contributed by atoms with Gasteiger partial charge in [0, 0.05) is 18.5 Å². The Balaban J connectivity index is 1.92. The van der Waals surface area contributed by atoms with Crippen LogP contribution in [0.4, 0.5) is 5.69 Å². The van der Waals surface area contributed by atoms with E-state index < -0.39 is 0 Å². The lowest BCUT2D eigenvalue weighted by Gasteiger charge is -2.22. The van der Waals surface area contributed by atoms with Crippen LogP contribution in [0.25, 0.3) is 0 Å². The summed E-state index contributed by atoms with van der Waals surface area (Å²) < 4.78 is 5.11. The first-order valence-electron chi connectivity index (χ1n) is 8.03. The number of anilines is 1. The van der Waals surface area contributed by atoms with Gasteiger partial charge in [-0.2, -0.15) is 0 Å². The Kier molecular flexibility index (Phi) is 7.30. The number of carbonyl (C=O) groups is 2. The number of hydrogen-bond donors (Lipinski definition) is 1. The molecule has 2 aromatic carbocycles. The minimum atomic E-state index is -0.278. The summed E-state index contributed by atoms with van der Waals surface area (Å²) in [5, 5.41) is 3.59. The van der Waals surface area contributed by atoms with Crippen LogP contribution in [0.5, 0.6) is 5.75 Å². The van der Waals surface area contributed by atoms with Gasteiger partial charge in [0.2, 0.25) is 11.8 Å². The lowest BCUT2D eigenvalue weighted by atomic mass is 10.1. The van der Waals surface area contributed by atoms with Gasteiger partial charge in [-0.05, 0) is 42.3 Å². The smallest absolute Gasteiger partial charge is 0.240 e. The van der Waals surface area contributed by atoms with E-state index in [-0.39, 0.29) is 18.4 Å². The van der Waals surface area contributed by atoms with Gasteiger partial charge < -0.3 is 15.0 Å². The standard InChI is InChI=1S/C19H20Cl2N2O3/c1-13(24)23(18-8-5-15(20)11-17(18)21)12-19(25)22-10-9-14-3-6-16(26-2)7-4-14/h3-8,11H,9-10,12H2,1-2H3,(H,22,25). The quantitative estimate of drug-likeness (QED) is 0.778. The molecule has 5 nitrogen and oxygen atoms in total. The highest BCUT2D eigenvalue weighted by Gasteiger charge is 2.18. The second-order valence-electron chi connectivity index (χ2n) is 5.65. The van der Waals surface area contributed by atoms with Crippen molar-refractivity contribution in [2.75, 3.05) is 25.1 Å². The Morgan fingerprint density at radius 2 is 1.81 bits per heavy atom. The number of hydrogen-bond acceptors (Lipinski definition) is 3. The number of methoxy groups -OCH3 is 1. The fraction of sp³-hybridized carbons (Fsp3) is 0.263. The summed E-state index contributed by atoms with van der Waals surface area (Å²) in [6.45, 7) is 1.74. The van der Waals surface area contributed by atoms with Crippen LogP contribution >= 0.6 is 23.2 Å². The van der Waals surface area contributed by atoms with Crippen molar-refractivity contribution in [1.82, 2.24) is 5.32 Å². The number of carbonyl (C=O) groups excluding carboxylic acids is 2. The van der Waals surface area contributed by atoms with Crippen molar-refractivity contribution in [2.24, 2.45) is 0 Å². The Labute approximate surface area is 162 Å². The molecule has 0 atom stereocenters. The zero-order chi connectivity index (χ0) is 19.1. The molecule has 0 bridgehead atoms. The first-order valence-corrected chi connectivity index (χ1v) is 8.79. The van der Waals surface area contributed by atoms with Crippen molar-refractivity contribution in [3.8, 4) is 5.75 Å². The number of nitrogens with one attached hydrogen (secondary N) is 1. The molecule has 0 heterocycles. The molecule has 0 fully saturated rings. The van der Waals surface area contributed by atoms with Crippen LogP contribution in [-0.4, -0.2) is 32.0 Å². The van der Waals surface area contributed by atoms with Gasteiger partial charge in [0.25, 0.3) is 0 Å². The summed E-state index contributed by atoms with van der Waals surface area (Å²) in [6.07, 6.45) is 0.678. The van der Waals surface area contributed by atoms with Crippen LogP contribution in [0.1, 0.15) is 12.5 Å². The fourth-order valence-electron chi connectivity index (χ4n) is 2.40. The number of halogens is 2. The van der Waals surface area contributed by atoms with Crippen molar-refractivity contribution in [2.45, 2.75) is 13.3 Å². The van der Waals surface area contributed by atoms with Crippen molar-refractivity contribution in [1.29, 1.82) is 0 Å². The summed E-state index contributed by atoms with van der Waals surface area (Å²) in [5.41, 5.74) is 1.53. The average molecular weight is 395 g/mol. The summed E-state index contributed by atoms with van der Waals surface area (Å²) in [5.74, 6) is 0.244. The highest BCUT2D eigenvalue weighted by atomic mass is 35.5. The third-order valence-corrected chi connectivity index (χ3v) is 4.32. The largest absolute Gasteiger partial charge is 0.497 e. The molecular formula is C19H20Cl2N2O3. The van der Waals surface area contributed by atoms with Crippen LogP contribution in [0, 0.1) is 0 Å². The van der Waals surface area contributed by atoms with E-state index in [0.29, 0.717) is 28.7 Å². The number of amides is 2. The van der Waals surface area contributed by atoms with Crippen molar-refractivity contribution < 1.29 is 14.3 Å². The molecule has 7 heteroatoms. The number of nitrogens with zero attached hydrogens (tertiary/aromatic N) is 1. The van der Waals surface area contributed by atoms with E-state index in [0.717, 1.165) is 11.3 Å². The number of rotatable bonds is 7. The van der Waals surface area contributed by atoms with Crippen LogP contribution < -0.4 is 15.0 Å². The first kappa shape index (κ1) is 20.1. The molecule has 2 amide bonds. The molecule has 0 radical (unpaired) electrons. The third kappa shape index (κ3) is 5.64. The van der Waals surface area contributed by atoms with Gasteiger partial charge in [-0.3, -0.25) is 9.59 Å². The van der Waals surface area contributed by atoms with Gasteiger partial charge in [-0.15, -0.1) is 0 Å². The molecule has 1 N–H and O–H groups in total. The summed E-state index contributed by atoms with van der Waals surface area (Å²) in [6, 6.07) is 12.4. The van der Waals surface area contributed by atoms with Gasteiger partial charge in [0.05, 0.1) is 17.8 Å². The predicted octanol–water partition coefficient (Wildman–Crippen LogP) is 3.71. The lowest BCUT2D eigenvalue weighted by Crippen LogP contribution is -2.40. The summed E-state index contributed by atoms with van der Waals surface area (Å²) in [4.78, 5) is 25.4. The van der Waals surface area contributed by atoms with E-state index in [1.165, 1.54) is 17.9 Å². The third-order valence-electron chi connectivity index (χ3n) is 3.78. The maximum Gasteiger partial charge on any atom is 0.240 e. The Hall–Kier alpha value is -2.24. The van der Waals surface area contributed by atoms with E-state index in [2.05, 4.69) is 5.32 Å². The van der Waals surface area contributed by atoms with Gasteiger partial charge >= 0.3 is 0 Å². The Bertz CT molecular complexity index is 779. The molecule has 0 saturated heterocycles. The molecule has 0 unspecified atom stereocenters. The van der Waals surface area contributed by atoms with Crippen LogP contribution in [0.15, 0.2) is 42.5 Å². The normalized spacial score (nSPS) is 10.3. The monoisotopic (exact) mass is 394 g/mol. The fourth-order valence-corrected chi connectivity index (χ4v) is 2.91. The summed E-state index contributed by atoms with van der Waals surface area (Å²) >= 11 is 12.0.